The van der Waals surface area contributed by atoms with Crippen molar-refractivity contribution in [2.24, 2.45) is 5.92 Å². The number of carbonyl (C=O) groups is 1. The first-order valence-corrected chi connectivity index (χ1v) is 8.76. The highest BCUT2D eigenvalue weighted by Gasteiger charge is 2.29. The van der Waals surface area contributed by atoms with E-state index >= 15 is 0 Å². The van der Waals surface area contributed by atoms with Gasteiger partial charge in [-0.25, -0.2) is 4.68 Å². The number of Topliss-reactive ketones (excluding diaryl/α,β-unsaturated/α-hetero) is 1. The highest BCUT2D eigenvalue weighted by Crippen LogP contribution is 2.25. The minimum Gasteiger partial charge on any atom is -0.497 e. The number of benzene rings is 1. The lowest BCUT2D eigenvalue weighted by Gasteiger charge is -2.18. The Bertz CT molecular complexity index is 817. The molecule has 1 heterocycles. The van der Waals surface area contributed by atoms with Crippen LogP contribution in [0.5, 0.6) is 5.75 Å². The molecule has 7 heteroatoms. The molecule has 0 amide bonds. The summed E-state index contributed by atoms with van der Waals surface area (Å²) < 4.78 is 17.1. The van der Waals surface area contributed by atoms with Crippen LogP contribution in [0.25, 0.3) is 5.69 Å². The van der Waals surface area contributed by atoms with Crippen molar-refractivity contribution in [3.8, 4) is 17.5 Å². The van der Waals surface area contributed by atoms with Gasteiger partial charge < -0.3 is 14.2 Å². The first-order valence-electron chi connectivity index (χ1n) is 8.76. The van der Waals surface area contributed by atoms with E-state index in [1.54, 1.807) is 43.0 Å². The van der Waals surface area contributed by atoms with Crippen LogP contribution in [0.3, 0.4) is 0 Å². The number of ether oxygens (including phenoxy) is 3. The smallest absolute Gasteiger partial charge is 0.185 e. The molecule has 0 saturated heterocycles. The summed E-state index contributed by atoms with van der Waals surface area (Å²) in [6.45, 7) is 3.70. The Morgan fingerprint density at radius 2 is 1.85 bits per heavy atom. The van der Waals surface area contributed by atoms with Crippen molar-refractivity contribution in [3.63, 3.8) is 0 Å². The van der Waals surface area contributed by atoms with Gasteiger partial charge in [-0.15, -0.1) is 0 Å². The average molecular weight is 371 g/mol. The molecular formula is C20H25N3O4. The molecule has 144 valence electrons. The van der Waals surface area contributed by atoms with Crippen molar-refractivity contribution in [2.75, 3.05) is 21.3 Å². The van der Waals surface area contributed by atoms with E-state index in [1.807, 2.05) is 6.92 Å². The minimum atomic E-state index is -0.488. The van der Waals surface area contributed by atoms with Crippen LogP contribution in [0.2, 0.25) is 0 Å². The van der Waals surface area contributed by atoms with Crippen LogP contribution < -0.4 is 4.74 Å². The Balaban J connectivity index is 2.51. The largest absolute Gasteiger partial charge is 0.497 e. The molecule has 0 N–H and O–H groups in total. The summed E-state index contributed by atoms with van der Waals surface area (Å²) in [6, 6.07) is 9.35. The zero-order chi connectivity index (χ0) is 20.0. The van der Waals surface area contributed by atoms with Crippen LogP contribution in [0.15, 0.2) is 24.3 Å². The Kier molecular flexibility index (Phi) is 7.11. The molecule has 0 fully saturated rings. The normalized spacial score (nSPS) is 12.0. The molecule has 1 aromatic carbocycles. The summed E-state index contributed by atoms with van der Waals surface area (Å²) in [7, 11) is 4.65. The molecule has 0 bridgehead atoms. The Morgan fingerprint density at radius 1 is 1.22 bits per heavy atom. The van der Waals surface area contributed by atoms with Gasteiger partial charge in [0.15, 0.2) is 12.1 Å². The third-order valence-electron chi connectivity index (χ3n) is 4.47. The van der Waals surface area contributed by atoms with Crippen molar-refractivity contribution in [1.82, 2.24) is 9.78 Å². The lowest BCUT2D eigenvalue weighted by atomic mass is 9.96. The molecule has 0 radical (unpaired) electrons. The van der Waals surface area contributed by atoms with Crippen LogP contribution in [-0.4, -0.2) is 43.2 Å². The number of hydrogen-bond acceptors (Lipinski definition) is 6. The minimum absolute atomic E-state index is 0.173. The van der Waals surface area contributed by atoms with E-state index in [4.69, 9.17) is 14.2 Å². The summed E-state index contributed by atoms with van der Waals surface area (Å²) in [5.74, 6) is 0.125. The lowest BCUT2D eigenvalue weighted by Crippen LogP contribution is -2.24. The zero-order valence-electron chi connectivity index (χ0n) is 16.4. The molecular weight excluding hydrogens is 346 g/mol. The van der Waals surface area contributed by atoms with Gasteiger partial charge in [0.2, 0.25) is 0 Å². The maximum absolute atomic E-state index is 13.2. The predicted octanol–water partition coefficient (Wildman–Crippen LogP) is 3.14. The average Bonchev–Trinajstić information content (AvgIpc) is 3.09. The molecule has 2 rings (SSSR count). The van der Waals surface area contributed by atoms with Crippen LogP contribution in [0, 0.1) is 17.2 Å². The van der Waals surface area contributed by atoms with Gasteiger partial charge in [-0.3, -0.25) is 4.79 Å². The third kappa shape index (κ3) is 4.35. The van der Waals surface area contributed by atoms with Gasteiger partial charge >= 0.3 is 0 Å². The number of nitriles is 1. The Hall–Kier alpha value is -2.69. The SMILES string of the molecule is CCc1nn(-c2ccc(OC)cc2)c(C(=O)C(C)CC(OC)OC)c1C#N. The predicted molar refractivity (Wildman–Crippen MR) is 100 cm³/mol. The molecule has 0 aliphatic carbocycles. The van der Waals surface area contributed by atoms with Crippen molar-refractivity contribution in [3.05, 3.63) is 41.2 Å². The number of carbonyl (C=O) groups excluding carboxylic acids is 1. The van der Waals surface area contributed by atoms with Crippen LogP contribution >= 0.6 is 0 Å². The summed E-state index contributed by atoms with van der Waals surface area (Å²) in [6.07, 6.45) is 0.448. The summed E-state index contributed by atoms with van der Waals surface area (Å²) in [4.78, 5) is 13.2. The maximum atomic E-state index is 13.2. The highest BCUT2D eigenvalue weighted by molar-refractivity contribution is 5.99. The van der Waals surface area contributed by atoms with Crippen molar-refractivity contribution < 1.29 is 19.0 Å². The monoisotopic (exact) mass is 371 g/mol. The summed E-state index contributed by atoms with van der Waals surface area (Å²) >= 11 is 0. The molecule has 1 atom stereocenters. The number of methoxy groups -OCH3 is 3. The molecule has 0 saturated carbocycles. The zero-order valence-corrected chi connectivity index (χ0v) is 16.4. The second kappa shape index (κ2) is 9.31. The van der Waals surface area contributed by atoms with E-state index in [2.05, 4.69) is 11.2 Å². The first-order chi connectivity index (χ1) is 13.0. The Labute approximate surface area is 159 Å². The quantitative estimate of drug-likeness (QED) is 0.497. The number of nitrogens with zero attached hydrogens (tertiary/aromatic N) is 3. The Morgan fingerprint density at radius 3 is 2.33 bits per heavy atom. The molecule has 27 heavy (non-hydrogen) atoms. The van der Waals surface area contributed by atoms with Gasteiger partial charge in [-0.1, -0.05) is 13.8 Å². The van der Waals surface area contributed by atoms with Gasteiger partial charge in [0.05, 0.1) is 18.5 Å². The second-order valence-electron chi connectivity index (χ2n) is 6.15. The first kappa shape index (κ1) is 20.6. The second-order valence-corrected chi connectivity index (χ2v) is 6.15. The molecule has 1 aromatic heterocycles. The number of rotatable bonds is 9. The van der Waals surface area contributed by atoms with E-state index in [9.17, 15) is 10.1 Å². The molecule has 0 aliphatic heterocycles. The van der Waals surface area contributed by atoms with E-state index in [-0.39, 0.29) is 11.5 Å². The maximum Gasteiger partial charge on any atom is 0.185 e. The lowest BCUT2D eigenvalue weighted by molar-refractivity contribution is -0.110. The van der Waals surface area contributed by atoms with Gasteiger partial charge in [-0.05, 0) is 30.7 Å². The number of aromatic nitrogens is 2. The van der Waals surface area contributed by atoms with Crippen molar-refractivity contribution in [2.45, 2.75) is 33.0 Å². The van der Waals surface area contributed by atoms with Gasteiger partial charge in [0.1, 0.15) is 23.1 Å². The molecule has 7 nitrogen and oxygen atoms in total. The van der Waals surface area contributed by atoms with Crippen molar-refractivity contribution >= 4 is 5.78 Å². The fourth-order valence-corrected chi connectivity index (χ4v) is 2.88. The number of hydrogen-bond donors (Lipinski definition) is 0. The van der Waals surface area contributed by atoms with Gasteiger partial charge in [0.25, 0.3) is 0 Å². The number of aryl methyl sites for hydroxylation is 1. The fourth-order valence-electron chi connectivity index (χ4n) is 2.88. The molecule has 0 aliphatic rings. The standard InChI is InChI=1S/C20H25N3O4/c1-6-17-16(12-21)19(20(24)13(2)11-18(26-4)27-5)23(22-17)14-7-9-15(25-3)10-8-14/h7-10,13,18H,6,11H2,1-5H3. The van der Waals surface area contributed by atoms with Crippen molar-refractivity contribution in [1.29, 1.82) is 5.26 Å². The molecule has 2 aromatic rings. The van der Waals surface area contributed by atoms with Gasteiger partial charge in [-0.2, -0.15) is 10.4 Å². The summed E-state index contributed by atoms with van der Waals surface area (Å²) in [5.41, 5.74) is 1.89. The molecule has 0 spiro atoms. The fraction of sp³-hybridized carbons (Fsp3) is 0.450. The van der Waals surface area contributed by atoms with Crippen LogP contribution in [0.1, 0.15) is 42.0 Å². The van der Waals surface area contributed by atoms with E-state index < -0.39 is 12.2 Å². The topological polar surface area (TPSA) is 86.4 Å². The van der Waals surface area contributed by atoms with Gasteiger partial charge in [0, 0.05) is 26.6 Å². The van der Waals surface area contributed by atoms with E-state index in [0.29, 0.717) is 35.5 Å². The highest BCUT2D eigenvalue weighted by atomic mass is 16.7. The van der Waals surface area contributed by atoms with Crippen LogP contribution in [0.4, 0.5) is 0 Å². The molecule has 1 unspecified atom stereocenters. The summed E-state index contributed by atoms with van der Waals surface area (Å²) in [5, 5.41) is 14.2. The van der Waals surface area contributed by atoms with E-state index in [1.165, 1.54) is 14.2 Å². The third-order valence-corrected chi connectivity index (χ3v) is 4.47. The van der Waals surface area contributed by atoms with E-state index in [0.717, 1.165) is 0 Å². The van der Waals surface area contributed by atoms with Crippen LogP contribution in [-0.2, 0) is 15.9 Å². The number of ketones is 1.